The molecule has 0 amide bonds. The standard InChI is InChI=1S/C10H14N2O2/c1-7-5-3-4-6-9(7)12-11-8(2)10(13)14/h3-6,8,11-12H,1-2H3,(H,13,14). The van der Waals surface area contributed by atoms with Crippen molar-refractivity contribution in [2.24, 2.45) is 0 Å². The second-order valence-corrected chi connectivity index (χ2v) is 3.14. The van der Waals surface area contributed by atoms with Gasteiger partial charge in [0.15, 0.2) is 0 Å². The molecule has 4 nitrogen and oxygen atoms in total. The van der Waals surface area contributed by atoms with Gasteiger partial charge in [-0.3, -0.25) is 4.79 Å². The van der Waals surface area contributed by atoms with Gasteiger partial charge in [-0.05, 0) is 25.5 Å². The van der Waals surface area contributed by atoms with Crippen molar-refractivity contribution in [1.82, 2.24) is 5.43 Å². The first-order chi connectivity index (χ1) is 6.61. The van der Waals surface area contributed by atoms with Gasteiger partial charge in [-0.15, -0.1) is 0 Å². The summed E-state index contributed by atoms with van der Waals surface area (Å²) in [6.07, 6.45) is 0. The molecule has 4 heteroatoms. The van der Waals surface area contributed by atoms with E-state index in [0.29, 0.717) is 0 Å². The van der Waals surface area contributed by atoms with E-state index in [1.54, 1.807) is 6.92 Å². The highest BCUT2D eigenvalue weighted by Crippen LogP contribution is 2.11. The Labute approximate surface area is 82.9 Å². The van der Waals surface area contributed by atoms with E-state index in [1.807, 2.05) is 31.2 Å². The number of benzene rings is 1. The summed E-state index contributed by atoms with van der Waals surface area (Å²) in [6, 6.07) is 7.05. The second-order valence-electron chi connectivity index (χ2n) is 3.14. The van der Waals surface area contributed by atoms with Crippen LogP contribution < -0.4 is 10.9 Å². The van der Waals surface area contributed by atoms with Gasteiger partial charge >= 0.3 is 5.97 Å². The number of hydrazine groups is 1. The van der Waals surface area contributed by atoms with Crippen molar-refractivity contribution in [2.75, 3.05) is 5.43 Å². The van der Waals surface area contributed by atoms with Crippen LogP contribution in [0.5, 0.6) is 0 Å². The van der Waals surface area contributed by atoms with Gasteiger partial charge in [0, 0.05) is 0 Å². The summed E-state index contributed by atoms with van der Waals surface area (Å²) in [7, 11) is 0. The molecule has 14 heavy (non-hydrogen) atoms. The summed E-state index contributed by atoms with van der Waals surface area (Å²) in [5, 5.41) is 8.63. The zero-order chi connectivity index (χ0) is 10.6. The Morgan fingerprint density at radius 2 is 2.07 bits per heavy atom. The van der Waals surface area contributed by atoms with Gasteiger partial charge in [0.25, 0.3) is 0 Å². The SMILES string of the molecule is Cc1ccccc1NNC(C)C(=O)O. The fraction of sp³-hybridized carbons (Fsp3) is 0.300. The molecule has 1 aromatic carbocycles. The van der Waals surface area contributed by atoms with Crippen molar-refractivity contribution in [3.05, 3.63) is 29.8 Å². The van der Waals surface area contributed by atoms with Crippen molar-refractivity contribution < 1.29 is 9.90 Å². The summed E-state index contributed by atoms with van der Waals surface area (Å²) in [5.41, 5.74) is 7.51. The van der Waals surface area contributed by atoms with Crippen LogP contribution >= 0.6 is 0 Å². The maximum Gasteiger partial charge on any atom is 0.322 e. The molecule has 0 radical (unpaired) electrons. The van der Waals surface area contributed by atoms with Crippen LogP contribution in [0.25, 0.3) is 0 Å². The number of aliphatic carboxylic acids is 1. The number of nitrogens with one attached hydrogen (secondary N) is 2. The maximum atomic E-state index is 10.5. The van der Waals surface area contributed by atoms with Gasteiger partial charge in [-0.1, -0.05) is 18.2 Å². The van der Waals surface area contributed by atoms with Crippen molar-refractivity contribution in [3.63, 3.8) is 0 Å². The van der Waals surface area contributed by atoms with Crippen molar-refractivity contribution in [3.8, 4) is 0 Å². The molecule has 1 rings (SSSR count). The Bertz CT molecular complexity index is 326. The molecular formula is C10H14N2O2. The lowest BCUT2D eigenvalue weighted by Crippen LogP contribution is -2.37. The zero-order valence-electron chi connectivity index (χ0n) is 8.24. The fourth-order valence-electron chi connectivity index (χ4n) is 0.961. The largest absolute Gasteiger partial charge is 0.480 e. The van der Waals surface area contributed by atoms with E-state index in [4.69, 9.17) is 5.11 Å². The number of rotatable bonds is 4. The van der Waals surface area contributed by atoms with Crippen LogP contribution in [0, 0.1) is 6.92 Å². The molecule has 0 aromatic heterocycles. The molecule has 1 unspecified atom stereocenters. The van der Waals surface area contributed by atoms with E-state index in [2.05, 4.69) is 10.9 Å². The van der Waals surface area contributed by atoms with Crippen LogP contribution in [0.2, 0.25) is 0 Å². The average Bonchev–Trinajstić information content (AvgIpc) is 2.16. The molecular weight excluding hydrogens is 180 g/mol. The number of carboxylic acids is 1. The molecule has 0 aliphatic carbocycles. The third-order valence-corrected chi connectivity index (χ3v) is 1.94. The van der Waals surface area contributed by atoms with Crippen molar-refractivity contribution in [2.45, 2.75) is 19.9 Å². The van der Waals surface area contributed by atoms with E-state index in [0.717, 1.165) is 11.3 Å². The van der Waals surface area contributed by atoms with Crippen LogP contribution in [0.15, 0.2) is 24.3 Å². The molecule has 3 N–H and O–H groups in total. The number of aryl methyl sites for hydroxylation is 1. The predicted octanol–water partition coefficient (Wildman–Crippen LogP) is 1.38. The lowest BCUT2D eigenvalue weighted by atomic mass is 10.2. The maximum absolute atomic E-state index is 10.5. The van der Waals surface area contributed by atoms with Crippen molar-refractivity contribution in [1.29, 1.82) is 0 Å². The van der Waals surface area contributed by atoms with Gasteiger partial charge in [0.2, 0.25) is 0 Å². The van der Waals surface area contributed by atoms with Crippen LogP contribution in [0.4, 0.5) is 5.69 Å². The monoisotopic (exact) mass is 194 g/mol. The smallest absolute Gasteiger partial charge is 0.322 e. The normalized spacial score (nSPS) is 12.1. The van der Waals surface area contributed by atoms with Gasteiger partial charge in [0.05, 0.1) is 5.69 Å². The first kappa shape index (κ1) is 10.5. The number of para-hydroxylation sites is 1. The van der Waals surface area contributed by atoms with Gasteiger partial charge in [0.1, 0.15) is 6.04 Å². The Kier molecular flexibility index (Phi) is 3.48. The first-order valence-corrected chi connectivity index (χ1v) is 4.41. The first-order valence-electron chi connectivity index (χ1n) is 4.41. The minimum atomic E-state index is -0.883. The molecule has 1 aromatic rings. The number of anilines is 1. The van der Waals surface area contributed by atoms with Gasteiger partial charge in [-0.2, -0.15) is 0 Å². The topological polar surface area (TPSA) is 61.4 Å². The fourth-order valence-corrected chi connectivity index (χ4v) is 0.961. The van der Waals surface area contributed by atoms with Crippen LogP contribution in [-0.2, 0) is 4.79 Å². The molecule has 76 valence electrons. The molecule has 1 atom stereocenters. The number of hydrogen-bond acceptors (Lipinski definition) is 3. The second kappa shape index (κ2) is 4.62. The number of carboxylic acid groups (broad SMARTS) is 1. The minimum Gasteiger partial charge on any atom is -0.480 e. The Morgan fingerprint density at radius 3 is 2.64 bits per heavy atom. The van der Waals surface area contributed by atoms with E-state index < -0.39 is 12.0 Å². The molecule has 0 aliphatic rings. The van der Waals surface area contributed by atoms with Crippen LogP contribution in [0.3, 0.4) is 0 Å². The van der Waals surface area contributed by atoms with Gasteiger partial charge < -0.3 is 10.5 Å². The highest BCUT2D eigenvalue weighted by Gasteiger charge is 2.09. The molecule has 0 spiro atoms. The third kappa shape index (κ3) is 2.74. The van der Waals surface area contributed by atoms with E-state index >= 15 is 0 Å². The summed E-state index contributed by atoms with van der Waals surface area (Å²) >= 11 is 0. The number of carbonyl (C=O) groups is 1. The lowest BCUT2D eigenvalue weighted by Gasteiger charge is -2.13. The molecule has 0 saturated heterocycles. The average molecular weight is 194 g/mol. The van der Waals surface area contributed by atoms with E-state index in [1.165, 1.54) is 0 Å². The van der Waals surface area contributed by atoms with E-state index in [9.17, 15) is 4.79 Å². The molecule has 0 saturated carbocycles. The summed E-state index contributed by atoms with van der Waals surface area (Å²) < 4.78 is 0. The Balaban J connectivity index is 2.54. The summed E-state index contributed by atoms with van der Waals surface area (Å²) in [4.78, 5) is 10.5. The Morgan fingerprint density at radius 1 is 1.43 bits per heavy atom. The lowest BCUT2D eigenvalue weighted by molar-refractivity contribution is -0.138. The molecule has 0 aliphatic heterocycles. The molecule has 0 heterocycles. The Hall–Kier alpha value is -1.55. The predicted molar refractivity (Wildman–Crippen MR) is 55.0 cm³/mol. The van der Waals surface area contributed by atoms with Crippen LogP contribution in [-0.4, -0.2) is 17.1 Å². The quantitative estimate of drug-likeness (QED) is 0.634. The number of hydrogen-bond donors (Lipinski definition) is 3. The third-order valence-electron chi connectivity index (χ3n) is 1.94. The highest BCUT2D eigenvalue weighted by molar-refractivity contribution is 5.73. The van der Waals surface area contributed by atoms with Crippen LogP contribution in [0.1, 0.15) is 12.5 Å². The zero-order valence-corrected chi connectivity index (χ0v) is 8.24. The van der Waals surface area contributed by atoms with Crippen molar-refractivity contribution >= 4 is 11.7 Å². The summed E-state index contributed by atoms with van der Waals surface area (Å²) in [5.74, 6) is -0.883. The van der Waals surface area contributed by atoms with E-state index in [-0.39, 0.29) is 0 Å². The van der Waals surface area contributed by atoms with Gasteiger partial charge in [-0.25, -0.2) is 5.43 Å². The molecule has 0 fully saturated rings. The summed E-state index contributed by atoms with van der Waals surface area (Å²) in [6.45, 7) is 3.53. The molecule has 0 bridgehead atoms. The highest BCUT2D eigenvalue weighted by atomic mass is 16.4. The minimum absolute atomic E-state index is 0.616.